The number of aromatic nitrogens is 1. The van der Waals surface area contributed by atoms with E-state index in [1.54, 1.807) is 0 Å². The third-order valence-electron chi connectivity index (χ3n) is 9.82. The molecule has 2 heterocycles. The van der Waals surface area contributed by atoms with Gasteiger partial charge in [-0.1, -0.05) is 134 Å². The summed E-state index contributed by atoms with van der Waals surface area (Å²) in [6.07, 6.45) is 7.55. The normalized spacial score (nSPS) is 15.7. The van der Waals surface area contributed by atoms with Crippen molar-refractivity contribution >= 4 is 39.6 Å². The van der Waals surface area contributed by atoms with Crippen LogP contribution in [0.5, 0.6) is 5.75 Å². The van der Waals surface area contributed by atoms with Gasteiger partial charge in [0.15, 0.2) is 0 Å². The third-order valence-corrected chi connectivity index (χ3v) is 9.82. The van der Waals surface area contributed by atoms with Crippen molar-refractivity contribution in [1.29, 1.82) is 0 Å². The molecular formula is C45H33NO. The molecule has 0 radical (unpaired) electrons. The van der Waals surface area contributed by atoms with E-state index < -0.39 is 0 Å². The topological polar surface area (TPSA) is 14.2 Å². The van der Waals surface area contributed by atoms with Gasteiger partial charge in [0.1, 0.15) is 11.5 Å². The monoisotopic (exact) mass is 603 g/mol. The van der Waals surface area contributed by atoms with Crippen molar-refractivity contribution in [2.24, 2.45) is 0 Å². The van der Waals surface area contributed by atoms with Crippen molar-refractivity contribution < 1.29 is 4.74 Å². The molecule has 6 aromatic carbocycles. The Bertz CT molecular complexity index is 2550. The first-order valence-corrected chi connectivity index (χ1v) is 16.4. The van der Waals surface area contributed by atoms with Gasteiger partial charge in [0.2, 0.25) is 0 Å². The molecular weight excluding hydrogens is 571 g/mol. The van der Waals surface area contributed by atoms with Crippen molar-refractivity contribution in [3.05, 3.63) is 185 Å². The van der Waals surface area contributed by atoms with Gasteiger partial charge >= 0.3 is 0 Å². The van der Waals surface area contributed by atoms with Gasteiger partial charge in [-0.3, -0.25) is 0 Å². The summed E-state index contributed by atoms with van der Waals surface area (Å²) in [6, 6.07) is 48.0. The maximum absolute atomic E-state index is 6.44. The Kier molecular flexibility index (Phi) is 6.36. The van der Waals surface area contributed by atoms with Crippen LogP contribution in [0.4, 0.5) is 0 Å². The van der Waals surface area contributed by atoms with E-state index in [1.165, 1.54) is 49.5 Å². The zero-order chi connectivity index (χ0) is 31.5. The molecule has 0 saturated heterocycles. The van der Waals surface area contributed by atoms with Gasteiger partial charge in [0.25, 0.3) is 0 Å². The first-order chi connectivity index (χ1) is 23.2. The molecule has 0 fully saturated rings. The van der Waals surface area contributed by atoms with Gasteiger partial charge in [-0.25, -0.2) is 0 Å². The Hall–Kier alpha value is -5.86. The molecule has 0 saturated carbocycles. The van der Waals surface area contributed by atoms with Crippen LogP contribution in [0.1, 0.15) is 41.5 Å². The summed E-state index contributed by atoms with van der Waals surface area (Å²) in [6.45, 7) is 6.82. The van der Waals surface area contributed by atoms with E-state index in [4.69, 9.17) is 11.3 Å². The van der Waals surface area contributed by atoms with Gasteiger partial charge in [0.05, 0.1) is 10.9 Å². The minimum absolute atomic E-state index is 0.220. The average Bonchev–Trinajstić information content (AvgIpc) is 3.43. The molecule has 1 aliphatic carbocycles. The lowest BCUT2D eigenvalue weighted by Gasteiger charge is -2.32. The summed E-state index contributed by atoms with van der Waals surface area (Å²) in [5.74, 6) is 2.13. The number of fused-ring (bicyclic) bond motifs is 5. The van der Waals surface area contributed by atoms with Crippen LogP contribution in [0.25, 0.3) is 56.4 Å². The Morgan fingerprint density at radius 2 is 1.55 bits per heavy atom. The fraction of sp³-hybridized carbons (Fsp3) is 0.0667. The molecule has 1 atom stereocenters. The number of benzene rings is 6. The lowest BCUT2D eigenvalue weighted by molar-refractivity contribution is 0.503. The van der Waals surface area contributed by atoms with E-state index in [1.807, 2.05) is 6.07 Å². The Balaban J connectivity index is 1.29. The standard InChI is InChI=1S/C45H33NO/c1-3-13-36(44-29(2)34-25-24-30-14-7-8-19-37(30)45(34)46(44)33-17-5-4-6-18-33)32-16-11-15-31(28-32)35-26-27-42-43-39(35)21-12-22-40(43)38-20-9-10-23-41(38)47-42/h3-25,27-28,35H,2,26H2,1H3/b13-3-,44-36-. The SMILES string of the molecule is C=c1/c(=C(\C=C/C)c2cccc(C3CC=C4Oc5ccccc5-c5cccc3c54)c2)n(-c2ccccc2)c2c1ccc1ccccc12. The maximum atomic E-state index is 6.44. The van der Waals surface area contributed by atoms with Crippen molar-refractivity contribution in [2.75, 3.05) is 0 Å². The third kappa shape index (κ3) is 4.26. The maximum Gasteiger partial charge on any atom is 0.135 e. The molecule has 2 aliphatic rings. The first-order valence-electron chi connectivity index (χ1n) is 16.4. The van der Waals surface area contributed by atoms with E-state index in [0.717, 1.165) is 45.3 Å². The molecule has 2 heteroatoms. The lowest BCUT2D eigenvalue weighted by Crippen LogP contribution is -2.30. The Morgan fingerprint density at radius 1 is 0.766 bits per heavy atom. The molecule has 47 heavy (non-hydrogen) atoms. The fourth-order valence-corrected chi connectivity index (χ4v) is 7.75. The van der Waals surface area contributed by atoms with Crippen LogP contribution >= 0.6 is 0 Å². The molecule has 224 valence electrons. The highest BCUT2D eigenvalue weighted by atomic mass is 16.5. The van der Waals surface area contributed by atoms with Gasteiger partial charge in [-0.05, 0) is 65.3 Å². The van der Waals surface area contributed by atoms with E-state index in [0.29, 0.717) is 0 Å². The molecule has 1 unspecified atom stereocenters. The van der Waals surface area contributed by atoms with Gasteiger partial charge in [-0.15, -0.1) is 0 Å². The highest BCUT2D eigenvalue weighted by Gasteiger charge is 2.31. The second-order valence-electron chi connectivity index (χ2n) is 12.4. The highest BCUT2D eigenvalue weighted by Crippen LogP contribution is 2.49. The molecule has 0 bridgehead atoms. The fourth-order valence-electron chi connectivity index (χ4n) is 7.75. The van der Waals surface area contributed by atoms with Crippen LogP contribution in [0.3, 0.4) is 0 Å². The van der Waals surface area contributed by atoms with Crippen LogP contribution in [0, 0.1) is 0 Å². The average molecular weight is 604 g/mol. The minimum atomic E-state index is 0.220. The van der Waals surface area contributed by atoms with Crippen molar-refractivity contribution in [2.45, 2.75) is 19.3 Å². The zero-order valence-electron chi connectivity index (χ0n) is 26.3. The number of rotatable bonds is 4. The van der Waals surface area contributed by atoms with E-state index >= 15 is 0 Å². The second kappa shape index (κ2) is 10.9. The number of allylic oxidation sites excluding steroid dienone is 3. The van der Waals surface area contributed by atoms with Crippen molar-refractivity contribution in [3.63, 3.8) is 0 Å². The predicted molar refractivity (Wildman–Crippen MR) is 196 cm³/mol. The Morgan fingerprint density at radius 3 is 2.45 bits per heavy atom. The number of nitrogens with zero attached hydrogens (tertiary/aromatic N) is 1. The summed E-state index contributed by atoms with van der Waals surface area (Å²) in [7, 11) is 0. The smallest absolute Gasteiger partial charge is 0.135 e. The molecule has 0 spiro atoms. The highest BCUT2D eigenvalue weighted by molar-refractivity contribution is 6.07. The van der Waals surface area contributed by atoms with Crippen LogP contribution in [0.2, 0.25) is 0 Å². The summed E-state index contributed by atoms with van der Waals surface area (Å²) in [4.78, 5) is 0. The second-order valence-corrected chi connectivity index (χ2v) is 12.4. The first kappa shape index (κ1) is 27.5. The number of para-hydroxylation sites is 2. The number of hydrogen-bond donors (Lipinski definition) is 0. The summed E-state index contributed by atoms with van der Waals surface area (Å²) in [5.41, 5.74) is 10.9. The molecule has 2 nitrogen and oxygen atoms in total. The van der Waals surface area contributed by atoms with Crippen LogP contribution in [-0.4, -0.2) is 4.57 Å². The molecule has 0 N–H and O–H groups in total. The van der Waals surface area contributed by atoms with Crippen LogP contribution < -0.4 is 15.3 Å². The molecule has 0 amide bonds. The van der Waals surface area contributed by atoms with E-state index in [9.17, 15) is 0 Å². The molecule has 9 rings (SSSR count). The van der Waals surface area contributed by atoms with Crippen LogP contribution in [0.15, 0.2) is 152 Å². The summed E-state index contributed by atoms with van der Waals surface area (Å²) < 4.78 is 8.86. The summed E-state index contributed by atoms with van der Waals surface area (Å²) >= 11 is 0. The largest absolute Gasteiger partial charge is 0.456 e. The van der Waals surface area contributed by atoms with Gasteiger partial charge in [0, 0.05) is 44.3 Å². The zero-order valence-corrected chi connectivity index (χ0v) is 26.3. The van der Waals surface area contributed by atoms with Crippen LogP contribution in [-0.2, 0) is 0 Å². The quantitative estimate of drug-likeness (QED) is 0.195. The minimum Gasteiger partial charge on any atom is -0.456 e. The Labute approximate surface area is 274 Å². The lowest BCUT2D eigenvalue weighted by atomic mass is 9.77. The number of hydrogen-bond acceptors (Lipinski definition) is 1. The molecule has 1 aliphatic heterocycles. The molecule has 7 aromatic rings. The van der Waals surface area contributed by atoms with Crippen molar-refractivity contribution in [1.82, 2.24) is 4.57 Å². The van der Waals surface area contributed by atoms with Gasteiger partial charge in [-0.2, -0.15) is 0 Å². The van der Waals surface area contributed by atoms with E-state index in [-0.39, 0.29) is 5.92 Å². The molecule has 1 aromatic heterocycles. The van der Waals surface area contributed by atoms with Gasteiger partial charge < -0.3 is 9.30 Å². The predicted octanol–water partition coefficient (Wildman–Crippen LogP) is 9.90. The summed E-state index contributed by atoms with van der Waals surface area (Å²) in [5, 5.41) is 5.76. The number of ether oxygens (including phenoxy) is 1. The van der Waals surface area contributed by atoms with Crippen molar-refractivity contribution in [3.8, 4) is 22.6 Å². The van der Waals surface area contributed by atoms with E-state index in [2.05, 4.69) is 157 Å².